The third-order valence-corrected chi connectivity index (χ3v) is 3.86. The fourth-order valence-corrected chi connectivity index (χ4v) is 2.73. The molecule has 1 aliphatic heterocycles. The molecular weight excluding hydrogens is 320 g/mol. The van der Waals surface area contributed by atoms with E-state index in [1.165, 1.54) is 19.1 Å². The molecule has 0 bridgehead atoms. The lowest BCUT2D eigenvalue weighted by molar-refractivity contribution is -0.119. The number of ether oxygens (including phenoxy) is 1. The molecule has 2 N–H and O–H groups in total. The molecule has 0 unspecified atom stereocenters. The number of hydrogen-bond acceptors (Lipinski definition) is 3. The Morgan fingerprint density at radius 3 is 2.79 bits per heavy atom. The topological polar surface area (TPSA) is 70.7 Å². The molecule has 1 aromatic carbocycles. The molecule has 2 rings (SSSR count). The highest BCUT2D eigenvalue weighted by molar-refractivity contribution is 5.90. The van der Waals surface area contributed by atoms with Gasteiger partial charge < -0.3 is 20.3 Å². The van der Waals surface area contributed by atoms with Crippen molar-refractivity contribution in [2.75, 3.05) is 18.4 Å². The highest BCUT2D eigenvalue weighted by Gasteiger charge is 2.24. The minimum atomic E-state index is -2.92. The molecule has 1 aliphatic rings. The van der Waals surface area contributed by atoms with Crippen LogP contribution in [-0.2, 0) is 4.79 Å². The minimum absolute atomic E-state index is 0.0255. The highest BCUT2D eigenvalue weighted by atomic mass is 19.3. The Bertz CT molecular complexity index is 610. The molecule has 6 nitrogen and oxygen atoms in total. The maximum Gasteiger partial charge on any atom is 0.387 e. The summed E-state index contributed by atoms with van der Waals surface area (Å²) in [5.74, 6) is -0.104. The van der Waals surface area contributed by atoms with Gasteiger partial charge in [-0.2, -0.15) is 8.78 Å². The van der Waals surface area contributed by atoms with Crippen LogP contribution < -0.4 is 15.4 Å². The normalized spacial score (nSPS) is 17.5. The summed E-state index contributed by atoms with van der Waals surface area (Å²) in [4.78, 5) is 25.1. The van der Waals surface area contributed by atoms with Gasteiger partial charge in [-0.1, -0.05) is 6.07 Å². The number of nitrogens with zero attached hydrogens (tertiary/aromatic N) is 1. The summed E-state index contributed by atoms with van der Waals surface area (Å²) in [5.41, 5.74) is 0.848. The number of urea groups is 1. The molecule has 8 heteroatoms. The zero-order chi connectivity index (χ0) is 17.7. The maximum atomic E-state index is 12.4. The van der Waals surface area contributed by atoms with Crippen molar-refractivity contribution in [3.05, 3.63) is 23.8 Å². The van der Waals surface area contributed by atoms with Crippen molar-refractivity contribution in [1.82, 2.24) is 10.2 Å². The first-order valence-corrected chi connectivity index (χ1v) is 7.74. The Balaban J connectivity index is 2.02. The third kappa shape index (κ3) is 4.81. The average molecular weight is 341 g/mol. The summed E-state index contributed by atoms with van der Waals surface area (Å²) < 4.78 is 29.2. The van der Waals surface area contributed by atoms with Gasteiger partial charge in [-0.25, -0.2) is 4.79 Å². The van der Waals surface area contributed by atoms with Gasteiger partial charge >= 0.3 is 12.6 Å². The molecule has 1 heterocycles. The van der Waals surface area contributed by atoms with Crippen molar-refractivity contribution in [3.63, 3.8) is 0 Å². The predicted molar refractivity (Wildman–Crippen MR) is 85.2 cm³/mol. The molecule has 1 fully saturated rings. The molecule has 132 valence electrons. The SMILES string of the molecule is CC(=O)N[C@@H]1CCCN(C(=O)Nc2cccc(OC(F)F)c2C)C1. The number of carbonyl (C=O) groups is 2. The number of alkyl halides is 2. The first kappa shape index (κ1) is 18.0. The number of halogens is 2. The lowest BCUT2D eigenvalue weighted by Crippen LogP contribution is -2.50. The van der Waals surface area contributed by atoms with E-state index in [-0.39, 0.29) is 23.7 Å². The standard InChI is InChI=1S/C16H21F2N3O3/c1-10-13(6-3-7-14(10)24-15(17)18)20-16(23)21-8-4-5-12(9-21)19-11(2)22/h3,6-7,12,15H,4-5,8-9H2,1-2H3,(H,19,22)(H,20,23)/t12-/m1/s1. The van der Waals surface area contributed by atoms with Gasteiger partial charge in [-0.3, -0.25) is 4.79 Å². The highest BCUT2D eigenvalue weighted by Crippen LogP contribution is 2.27. The number of benzene rings is 1. The van der Waals surface area contributed by atoms with Crippen molar-refractivity contribution >= 4 is 17.6 Å². The van der Waals surface area contributed by atoms with Crippen LogP contribution in [0.4, 0.5) is 19.3 Å². The summed E-state index contributed by atoms with van der Waals surface area (Å²) in [5, 5.41) is 5.53. The molecule has 0 spiro atoms. The number of rotatable bonds is 4. The molecule has 24 heavy (non-hydrogen) atoms. The van der Waals surface area contributed by atoms with Crippen LogP contribution in [-0.4, -0.2) is 42.6 Å². The van der Waals surface area contributed by atoms with E-state index in [0.29, 0.717) is 24.3 Å². The number of hydrogen-bond donors (Lipinski definition) is 2. The van der Waals surface area contributed by atoms with E-state index < -0.39 is 6.61 Å². The fraction of sp³-hybridized carbons (Fsp3) is 0.500. The van der Waals surface area contributed by atoms with Crippen LogP contribution in [0.3, 0.4) is 0 Å². The molecule has 1 saturated heterocycles. The van der Waals surface area contributed by atoms with Crippen LogP contribution in [0, 0.1) is 6.92 Å². The van der Waals surface area contributed by atoms with Gasteiger partial charge in [0.2, 0.25) is 5.91 Å². The Morgan fingerprint density at radius 2 is 2.12 bits per heavy atom. The number of likely N-dealkylation sites (tertiary alicyclic amines) is 1. The third-order valence-electron chi connectivity index (χ3n) is 3.86. The van der Waals surface area contributed by atoms with Crippen LogP contribution in [0.1, 0.15) is 25.3 Å². The first-order valence-electron chi connectivity index (χ1n) is 7.74. The summed E-state index contributed by atoms with van der Waals surface area (Å²) in [6.07, 6.45) is 1.60. The van der Waals surface area contributed by atoms with E-state index in [9.17, 15) is 18.4 Å². The van der Waals surface area contributed by atoms with Crippen molar-refractivity contribution in [2.45, 2.75) is 39.3 Å². The maximum absolute atomic E-state index is 12.4. The first-order chi connectivity index (χ1) is 11.4. The molecular formula is C16H21F2N3O3. The van der Waals surface area contributed by atoms with E-state index in [1.54, 1.807) is 17.9 Å². The van der Waals surface area contributed by atoms with Gasteiger partial charge in [-0.15, -0.1) is 0 Å². The lowest BCUT2D eigenvalue weighted by Gasteiger charge is -2.33. The van der Waals surface area contributed by atoms with E-state index >= 15 is 0 Å². The molecule has 1 aromatic rings. The second-order valence-electron chi connectivity index (χ2n) is 5.72. The molecule has 0 saturated carbocycles. The number of nitrogens with one attached hydrogen (secondary N) is 2. The summed E-state index contributed by atoms with van der Waals surface area (Å²) in [6, 6.07) is 4.18. The Hall–Kier alpha value is -2.38. The minimum Gasteiger partial charge on any atom is -0.434 e. The van der Waals surface area contributed by atoms with Gasteiger partial charge in [0.15, 0.2) is 0 Å². The van der Waals surface area contributed by atoms with E-state index in [1.807, 2.05) is 0 Å². The smallest absolute Gasteiger partial charge is 0.387 e. The van der Waals surface area contributed by atoms with Crippen molar-refractivity contribution in [1.29, 1.82) is 0 Å². The van der Waals surface area contributed by atoms with Gasteiger partial charge in [0.05, 0.1) is 0 Å². The summed E-state index contributed by atoms with van der Waals surface area (Å²) in [6.45, 7) is 1.11. The lowest BCUT2D eigenvalue weighted by atomic mass is 10.1. The fourth-order valence-electron chi connectivity index (χ4n) is 2.73. The second-order valence-corrected chi connectivity index (χ2v) is 5.72. The largest absolute Gasteiger partial charge is 0.434 e. The van der Waals surface area contributed by atoms with Crippen molar-refractivity contribution in [2.24, 2.45) is 0 Å². The molecule has 0 aliphatic carbocycles. The molecule has 0 aromatic heterocycles. The van der Waals surface area contributed by atoms with Crippen LogP contribution in [0.2, 0.25) is 0 Å². The van der Waals surface area contributed by atoms with Gasteiger partial charge in [0, 0.05) is 37.3 Å². The van der Waals surface area contributed by atoms with Crippen LogP contribution in [0.5, 0.6) is 5.75 Å². The van der Waals surface area contributed by atoms with Crippen LogP contribution in [0.25, 0.3) is 0 Å². The van der Waals surface area contributed by atoms with Gasteiger partial charge in [0.25, 0.3) is 0 Å². The van der Waals surface area contributed by atoms with E-state index in [4.69, 9.17) is 0 Å². The Morgan fingerprint density at radius 1 is 1.38 bits per heavy atom. The van der Waals surface area contributed by atoms with E-state index in [0.717, 1.165) is 12.8 Å². The zero-order valence-electron chi connectivity index (χ0n) is 13.6. The van der Waals surface area contributed by atoms with Crippen molar-refractivity contribution < 1.29 is 23.1 Å². The second kappa shape index (κ2) is 7.94. The zero-order valence-corrected chi connectivity index (χ0v) is 13.6. The molecule has 0 radical (unpaired) electrons. The molecule has 1 atom stereocenters. The monoisotopic (exact) mass is 341 g/mol. The van der Waals surface area contributed by atoms with E-state index in [2.05, 4.69) is 15.4 Å². The predicted octanol–water partition coefficient (Wildman–Crippen LogP) is 2.73. The van der Waals surface area contributed by atoms with Gasteiger partial charge in [-0.05, 0) is 31.9 Å². The Kier molecular flexibility index (Phi) is 5.94. The van der Waals surface area contributed by atoms with Crippen LogP contribution in [0.15, 0.2) is 18.2 Å². The number of piperidine rings is 1. The summed E-state index contributed by atoms with van der Waals surface area (Å²) >= 11 is 0. The van der Waals surface area contributed by atoms with Gasteiger partial charge in [0.1, 0.15) is 5.75 Å². The average Bonchev–Trinajstić information content (AvgIpc) is 2.50. The molecule has 3 amide bonds. The number of amides is 3. The quantitative estimate of drug-likeness (QED) is 0.885. The Labute approximate surface area is 139 Å². The number of anilines is 1. The summed E-state index contributed by atoms with van der Waals surface area (Å²) in [7, 11) is 0. The van der Waals surface area contributed by atoms with Crippen LogP contribution >= 0.6 is 0 Å². The van der Waals surface area contributed by atoms with Crippen molar-refractivity contribution in [3.8, 4) is 5.75 Å². The number of carbonyl (C=O) groups excluding carboxylic acids is 2.